The number of carbonyl (C=O) groups excluding carboxylic acids is 2. The lowest BCUT2D eigenvalue weighted by molar-refractivity contribution is -0.497. The fourth-order valence-corrected chi connectivity index (χ4v) is 7.40. The summed E-state index contributed by atoms with van der Waals surface area (Å²) in [4.78, 5) is 37.4. The van der Waals surface area contributed by atoms with Crippen molar-refractivity contribution in [2.75, 3.05) is 13.7 Å². The Balaban J connectivity index is 1.23. The van der Waals surface area contributed by atoms with Crippen LogP contribution in [0.15, 0.2) is 115 Å². The topological polar surface area (TPSA) is 204 Å². The van der Waals surface area contributed by atoms with Gasteiger partial charge in [-0.25, -0.2) is 19.3 Å². The van der Waals surface area contributed by atoms with Crippen LogP contribution in [-0.2, 0) is 53.7 Å². The van der Waals surface area contributed by atoms with Gasteiger partial charge in [0.05, 0.1) is 55.2 Å². The number of unbranched alkanes of at least 4 members (excludes halogenated alkanes) is 1. The highest BCUT2D eigenvalue weighted by atomic mass is 35.5. The number of carbonyl (C=O) groups is 2. The van der Waals surface area contributed by atoms with Gasteiger partial charge in [-0.3, -0.25) is 25.5 Å². The number of aromatic nitrogens is 2. The molecule has 17 nitrogen and oxygen atoms in total. The standard InChI is InChI=1S/C48H47ClN4O13/c1-3-4-18-51-46(42-16-15-38(49)26-45(42)62-30-34-11-5-6-14-41(34)48(55)66-40-13-8-10-32(21-40)29-64-53(58)59)37(27-50-51)23-36(22-35-25-44-33(17-19-61-44)24-43(35)60-2)47(54)65-39-12-7-9-31(20-39)28-63-52(56)57/h5-16,20-21,23-27,56-59H,3-4,17-19,22,28-30H2,1-2H3/b36-23+. The van der Waals surface area contributed by atoms with Crippen LogP contribution in [0.1, 0.15) is 63.5 Å². The average Bonchev–Trinajstić information content (AvgIpc) is 3.94. The molecule has 0 aliphatic carbocycles. The second kappa shape index (κ2) is 22.5. The zero-order chi connectivity index (χ0) is 46.6. The summed E-state index contributed by atoms with van der Waals surface area (Å²) < 4.78 is 31.7. The molecule has 4 N–H and O–H groups in total. The first-order valence-electron chi connectivity index (χ1n) is 20.8. The summed E-state index contributed by atoms with van der Waals surface area (Å²) in [5.41, 5.74) is 5.50. The van der Waals surface area contributed by atoms with Crippen molar-refractivity contribution in [3.05, 3.63) is 159 Å². The molecule has 0 amide bonds. The molecular formula is C48H47ClN4O13. The molecule has 1 aliphatic heterocycles. The number of esters is 2. The van der Waals surface area contributed by atoms with Crippen LogP contribution in [0.2, 0.25) is 5.02 Å². The van der Waals surface area contributed by atoms with Gasteiger partial charge in [-0.05, 0) is 84.3 Å². The highest BCUT2D eigenvalue weighted by Gasteiger charge is 2.24. The monoisotopic (exact) mass is 922 g/mol. The number of hydrogen-bond donors (Lipinski definition) is 4. The van der Waals surface area contributed by atoms with E-state index >= 15 is 0 Å². The van der Waals surface area contributed by atoms with Crippen molar-refractivity contribution in [2.24, 2.45) is 0 Å². The lowest BCUT2D eigenvalue weighted by atomic mass is 9.98. The van der Waals surface area contributed by atoms with Crippen LogP contribution < -0.4 is 23.7 Å². The number of halogens is 1. The summed E-state index contributed by atoms with van der Waals surface area (Å²) in [5.74, 6) is 0.733. The van der Waals surface area contributed by atoms with Crippen LogP contribution in [0.25, 0.3) is 17.3 Å². The van der Waals surface area contributed by atoms with Crippen molar-refractivity contribution in [1.82, 2.24) is 20.6 Å². The van der Waals surface area contributed by atoms with Crippen LogP contribution in [0.5, 0.6) is 28.7 Å². The Bertz CT molecular complexity index is 2690. The molecule has 0 unspecified atom stereocenters. The van der Waals surface area contributed by atoms with E-state index in [0.29, 0.717) is 74.5 Å². The molecule has 0 fully saturated rings. The Morgan fingerprint density at radius 1 is 0.818 bits per heavy atom. The summed E-state index contributed by atoms with van der Waals surface area (Å²) in [5, 5.41) is 40.3. The summed E-state index contributed by atoms with van der Waals surface area (Å²) in [6.07, 6.45) is 5.86. The number of rotatable bonds is 21. The summed E-state index contributed by atoms with van der Waals surface area (Å²) in [6, 6.07) is 28.7. The summed E-state index contributed by atoms with van der Waals surface area (Å²) >= 11 is 6.61. The van der Waals surface area contributed by atoms with Gasteiger partial charge in [0.2, 0.25) is 0 Å². The summed E-state index contributed by atoms with van der Waals surface area (Å²) in [6.45, 7) is 2.67. The van der Waals surface area contributed by atoms with Crippen LogP contribution in [0.4, 0.5) is 0 Å². The number of hydrogen-bond acceptors (Lipinski definition) is 16. The number of fused-ring (bicyclic) bond motifs is 1. The molecule has 0 spiro atoms. The molecular weight excluding hydrogens is 876 g/mol. The van der Waals surface area contributed by atoms with Crippen molar-refractivity contribution in [1.29, 1.82) is 0 Å². The molecule has 0 saturated heterocycles. The molecule has 0 saturated carbocycles. The third kappa shape index (κ3) is 12.4. The molecule has 2 heterocycles. The van der Waals surface area contributed by atoms with Gasteiger partial charge in [-0.2, -0.15) is 5.10 Å². The van der Waals surface area contributed by atoms with Gasteiger partial charge in [0.25, 0.3) is 0 Å². The van der Waals surface area contributed by atoms with E-state index in [1.807, 2.05) is 22.9 Å². The van der Waals surface area contributed by atoms with Crippen molar-refractivity contribution in [3.63, 3.8) is 0 Å². The summed E-state index contributed by atoms with van der Waals surface area (Å²) in [7, 11) is 1.57. The minimum atomic E-state index is -0.673. The minimum absolute atomic E-state index is 0.0693. The first-order valence-corrected chi connectivity index (χ1v) is 21.2. The first-order chi connectivity index (χ1) is 32.0. The maximum atomic E-state index is 14.4. The Hall–Kier alpha value is -6.64. The fraction of sp³-hybridized carbons (Fsp3) is 0.229. The third-order valence-electron chi connectivity index (χ3n) is 10.4. The van der Waals surface area contributed by atoms with E-state index in [-0.39, 0.29) is 48.9 Å². The molecule has 1 aliphatic rings. The van der Waals surface area contributed by atoms with Gasteiger partial charge in [-0.1, -0.05) is 67.4 Å². The van der Waals surface area contributed by atoms with Gasteiger partial charge in [0.15, 0.2) is 0 Å². The van der Waals surface area contributed by atoms with Crippen LogP contribution in [-0.4, -0.2) is 67.0 Å². The zero-order valence-electron chi connectivity index (χ0n) is 36.0. The second-order valence-corrected chi connectivity index (χ2v) is 15.4. The maximum Gasteiger partial charge on any atom is 0.343 e. The van der Waals surface area contributed by atoms with Gasteiger partial charge in [0.1, 0.15) is 35.4 Å². The van der Waals surface area contributed by atoms with E-state index in [1.54, 1.807) is 98.2 Å². The Kier molecular flexibility index (Phi) is 16.1. The highest BCUT2D eigenvalue weighted by molar-refractivity contribution is 6.30. The van der Waals surface area contributed by atoms with E-state index in [0.717, 1.165) is 24.8 Å². The number of ether oxygens (including phenoxy) is 5. The first kappa shape index (κ1) is 47.3. The molecule has 5 aromatic carbocycles. The Labute approximate surface area is 384 Å². The predicted molar refractivity (Wildman–Crippen MR) is 236 cm³/mol. The minimum Gasteiger partial charge on any atom is -0.496 e. The molecule has 66 heavy (non-hydrogen) atoms. The molecule has 6 aromatic rings. The van der Waals surface area contributed by atoms with E-state index in [9.17, 15) is 9.59 Å². The lowest BCUT2D eigenvalue weighted by Gasteiger charge is -2.17. The maximum absolute atomic E-state index is 14.4. The van der Waals surface area contributed by atoms with Crippen molar-refractivity contribution >= 4 is 29.6 Å². The second-order valence-electron chi connectivity index (χ2n) is 15.0. The van der Waals surface area contributed by atoms with Crippen molar-refractivity contribution in [3.8, 4) is 40.0 Å². The van der Waals surface area contributed by atoms with Crippen molar-refractivity contribution < 1.29 is 63.8 Å². The van der Waals surface area contributed by atoms with Gasteiger partial charge in [0, 0.05) is 57.8 Å². The Morgan fingerprint density at radius 3 is 2.23 bits per heavy atom. The van der Waals surface area contributed by atoms with Gasteiger partial charge < -0.3 is 23.7 Å². The molecule has 0 atom stereocenters. The number of benzene rings is 5. The van der Waals surface area contributed by atoms with E-state index in [1.165, 1.54) is 6.07 Å². The van der Waals surface area contributed by atoms with Crippen molar-refractivity contribution in [2.45, 2.75) is 59.0 Å². The normalized spacial score (nSPS) is 12.3. The average molecular weight is 923 g/mol. The van der Waals surface area contributed by atoms with Crippen LogP contribution in [0, 0.1) is 0 Å². The highest BCUT2D eigenvalue weighted by Crippen LogP contribution is 2.38. The fourth-order valence-electron chi connectivity index (χ4n) is 7.23. The molecule has 7 rings (SSSR count). The number of aryl methyl sites for hydroxylation is 1. The van der Waals surface area contributed by atoms with E-state index in [2.05, 4.69) is 11.8 Å². The van der Waals surface area contributed by atoms with Crippen LogP contribution >= 0.6 is 11.6 Å². The zero-order valence-corrected chi connectivity index (χ0v) is 36.7. The largest absolute Gasteiger partial charge is 0.496 e. The number of methoxy groups -OCH3 is 1. The van der Waals surface area contributed by atoms with Crippen LogP contribution in [0.3, 0.4) is 0 Å². The molecule has 18 heteroatoms. The molecule has 344 valence electrons. The molecule has 0 bridgehead atoms. The molecule has 0 radical (unpaired) electrons. The Morgan fingerprint density at radius 2 is 1.53 bits per heavy atom. The predicted octanol–water partition coefficient (Wildman–Crippen LogP) is 9.00. The van der Waals surface area contributed by atoms with Gasteiger partial charge >= 0.3 is 11.9 Å². The third-order valence-corrected chi connectivity index (χ3v) is 10.6. The quantitative estimate of drug-likeness (QED) is 0.0230. The number of nitrogens with zero attached hydrogens (tertiary/aromatic N) is 4. The van der Waals surface area contributed by atoms with E-state index in [4.69, 9.17) is 66.1 Å². The lowest BCUT2D eigenvalue weighted by Crippen LogP contribution is -2.15. The SMILES string of the molecule is CCCCn1ncc(/C=C(\Cc2cc3c(cc2OC)CCO3)C(=O)Oc2cccc(CON(O)O)c2)c1-c1ccc(Cl)cc1OCc1ccccc1C(=O)Oc1cccc(CON(O)O)c1. The smallest absolute Gasteiger partial charge is 0.343 e. The molecule has 1 aromatic heterocycles. The van der Waals surface area contributed by atoms with E-state index < -0.39 is 22.7 Å². The van der Waals surface area contributed by atoms with Gasteiger partial charge in [-0.15, -0.1) is 0 Å².